The number of hydrogen-bond donors (Lipinski definition) is 2. The van der Waals surface area contributed by atoms with E-state index in [0.717, 1.165) is 36.6 Å². The predicted octanol–water partition coefficient (Wildman–Crippen LogP) is 3.12. The van der Waals surface area contributed by atoms with Crippen LogP contribution >= 0.6 is 0 Å². The van der Waals surface area contributed by atoms with Crippen LogP contribution in [0.25, 0.3) is 0 Å². The maximum atomic E-state index is 10.1. The molecule has 0 bridgehead atoms. The van der Waals surface area contributed by atoms with Crippen LogP contribution in [0.2, 0.25) is 0 Å². The molecule has 1 aliphatic rings. The first-order chi connectivity index (χ1) is 10.7. The fourth-order valence-electron chi connectivity index (χ4n) is 3.24. The van der Waals surface area contributed by atoms with Crippen LogP contribution in [-0.2, 0) is 13.0 Å². The molecule has 5 nitrogen and oxygen atoms in total. The highest BCUT2D eigenvalue weighted by atomic mass is 16.3. The fraction of sp³-hybridized carbons (Fsp3) is 0.529. The molecule has 0 aliphatic carbocycles. The van der Waals surface area contributed by atoms with E-state index in [1.807, 2.05) is 18.2 Å². The van der Waals surface area contributed by atoms with Gasteiger partial charge in [0.2, 0.25) is 0 Å². The third kappa shape index (κ3) is 2.86. The number of fused-ring (bicyclic) bond motifs is 1. The summed E-state index contributed by atoms with van der Waals surface area (Å²) in [5, 5.41) is 22.4. The minimum absolute atomic E-state index is 0.101. The largest absolute Gasteiger partial charge is 0.508 e. The number of hydrogen-bond acceptors (Lipinski definition) is 4. The molecule has 0 amide bonds. The first-order valence-electron chi connectivity index (χ1n) is 8.16. The molecule has 1 aromatic heterocycles. The summed E-state index contributed by atoms with van der Waals surface area (Å²) in [7, 11) is 0. The summed E-state index contributed by atoms with van der Waals surface area (Å²) in [4.78, 5) is 0. The summed E-state index contributed by atoms with van der Waals surface area (Å²) in [6.45, 7) is 5.25. The van der Waals surface area contributed by atoms with Crippen LogP contribution in [0.5, 0.6) is 5.75 Å². The smallest absolute Gasteiger partial charge is 0.149 e. The molecule has 5 heteroatoms. The summed E-state index contributed by atoms with van der Waals surface area (Å²) in [6, 6.07) is 7.73. The molecule has 0 radical (unpaired) electrons. The average molecular weight is 300 g/mol. The third-order valence-corrected chi connectivity index (χ3v) is 4.45. The number of benzene rings is 1. The Morgan fingerprint density at radius 1 is 1.27 bits per heavy atom. The van der Waals surface area contributed by atoms with Crippen LogP contribution < -0.4 is 5.32 Å². The van der Waals surface area contributed by atoms with Crippen molar-refractivity contribution in [3.8, 4) is 5.75 Å². The van der Waals surface area contributed by atoms with E-state index in [1.165, 1.54) is 12.8 Å². The van der Waals surface area contributed by atoms with Crippen LogP contribution in [-0.4, -0.2) is 19.9 Å². The normalized spacial score (nSPS) is 17.0. The molecule has 118 valence electrons. The highest BCUT2D eigenvalue weighted by molar-refractivity contribution is 5.34. The zero-order valence-corrected chi connectivity index (χ0v) is 13.3. The number of para-hydroxylation sites is 1. The number of phenols is 1. The van der Waals surface area contributed by atoms with Crippen molar-refractivity contribution in [1.29, 1.82) is 0 Å². The molecule has 2 heterocycles. The van der Waals surface area contributed by atoms with Crippen LogP contribution in [0.4, 0.5) is 0 Å². The summed E-state index contributed by atoms with van der Waals surface area (Å²) >= 11 is 0. The van der Waals surface area contributed by atoms with E-state index >= 15 is 0 Å². The van der Waals surface area contributed by atoms with Gasteiger partial charge < -0.3 is 15.0 Å². The topological polar surface area (TPSA) is 63.0 Å². The van der Waals surface area contributed by atoms with Gasteiger partial charge in [-0.15, -0.1) is 10.2 Å². The van der Waals surface area contributed by atoms with Crippen molar-refractivity contribution in [2.45, 2.75) is 58.2 Å². The quantitative estimate of drug-likeness (QED) is 0.890. The Morgan fingerprint density at radius 2 is 2.09 bits per heavy atom. The molecule has 1 aliphatic heterocycles. The molecule has 2 aromatic rings. The molecule has 0 spiro atoms. The van der Waals surface area contributed by atoms with Gasteiger partial charge in [0.25, 0.3) is 0 Å². The monoisotopic (exact) mass is 300 g/mol. The highest BCUT2D eigenvalue weighted by Crippen LogP contribution is 2.28. The van der Waals surface area contributed by atoms with Crippen molar-refractivity contribution in [2.75, 3.05) is 0 Å². The second kappa shape index (κ2) is 6.48. The van der Waals surface area contributed by atoms with Crippen molar-refractivity contribution >= 4 is 0 Å². The molecule has 0 saturated heterocycles. The summed E-state index contributed by atoms with van der Waals surface area (Å²) in [5.41, 5.74) is 0.940. The molecule has 3 rings (SSSR count). The number of nitrogens with zero attached hydrogens (tertiary/aromatic N) is 3. The van der Waals surface area contributed by atoms with E-state index in [1.54, 1.807) is 6.07 Å². The molecular formula is C17H24N4O. The third-order valence-electron chi connectivity index (χ3n) is 4.45. The molecule has 2 atom stereocenters. The van der Waals surface area contributed by atoms with Gasteiger partial charge in [-0.25, -0.2) is 0 Å². The van der Waals surface area contributed by atoms with Crippen LogP contribution in [0.3, 0.4) is 0 Å². The second-order valence-electron chi connectivity index (χ2n) is 5.99. The van der Waals surface area contributed by atoms with Gasteiger partial charge in [0.15, 0.2) is 0 Å². The lowest BCUT2D eigenvalue weighted by Gasteiger charge is -2.24. The standard InChI is InChI=1S/C17H24N4O/c1-3-14(13-8-4-5-9-15(13)22)18-12(2)17-20-19-16-10-6-7-11-21(16)17/h4-5,8-9,12,14,18,22H,3,6-7,10-11H2,1-2H3/t12-,14-/m0/s1. The van der Waals surface area contributed by atoms with Gasteiger partial charge in [-0.2, -0.15) is 0 Å². The van der Waals surface area contributed by atoms with E-state index in [9.17, 15) is 5.11 Å². The van der Waals surface area contributed by atoms with Crippen molar-refractivity contribution < 1.29 is 5.11 Å². The second-order valence-corrected chi connectivity index (χ2v) is 5.99. The molecule has 0 unspecified atom stereocenters. The maximum Gasteiger partial charge on any atom is 0.149 e. The number of phenolic OH excluding ortho intramolecular Hbond substituents is 1. The Balaban J connectivity index is 1.79. The summed E-state index contributed by atoms with van der Waals surface area (Å²) < 4.78 is 2.25. The molecule has 22 heavy (non-hydrogen) atoms. The number of aryl methyl sites for hydroxylation is 1. The Morgan fingerprint density at radius 3 is 2.86 bits per heavy atom. The lowest BCUT2D eigenvalue weighted by Crippen LogP contribution is -2.27. The van der Waals surface area contributed by atoms with Gasteiger partial charge in [0.1, 0.15) is 17.4 Å². The van der Waals surface area contributed by atoms with Gasteiger partial charge in [0.05, 0.1) is 6.04 Å². The van der Waals surface area contributed by atoms with E-state index < -0.39 is 0 Å². The first-order valence-corrected chi connectivity index (χ1v) is 8.16. The minimum atomic E-state index is 0.101. The van der Waals surface area contributed by atoms with Crippen LogP contribution in [0.15, 0.2) is 24.3 Å². The minimum Gasteiger partial charge on any atom is -0.508 e. The number of rotatable bonds is 5. The molecule has 0 fully saturated rings. The SMILES string of the molecule is CC[C@H](N[C@@H](C)c1nnc2n1CCCC2)c1ccccc1O. The molecule has 2 N–H and O–H groups in total. The maximum absolute atomic E-state index is 10.1. The Labute approximate surface area is 131 Å². The zero-order valence-electron chi connectivity index (χ0n) is 13.3. The van der Waals surface area contributed by atoms with Gasteiger partial charge in [0, 0.05) is 24.6 Å². The van der Waals surface area contributed by atoms with E-state index in [0.29, 0.717) is 5.75 Å². The number of nitrogens with one attached hydrogen (secondary N) is 1. The van der Waals surface area contributed by atoms with Gasteiger partial charge in [-0.05, 0) is 32.3 Å². The Bertz CT molecular complexity index is 637. The predicted molar refractivity (Wildman–Crippen MR) is 85.6 cm³/mol. The van der Waals surface area contributed by atoms with Gasteiger partial charge in [-0.3, -0.25) is 0 Å². The van der Waals surface area contributed by atoms with E-state index in [-0.39, 0.29) is 12.1 Å². The lowest BCUT2D eigenvalue weighted by atomic mass is 10.0. The summed E-state index contributed by atoms with van der Waals surface area (Å²) in [5.74, 6) is 2.45. The van der Waals surface area contributed by atoms with Crippen molar-refractivity contribution in [1.82, 2.24) is 20.1 Å². The zero-order chi connectivity index (χ0) is 15.5. The van der Waals surface area contributed by atoms with Crippen molar-refractivity contribution in [3.05, 3.63) is 41.5 Å². The van der Waals surface area contributed by atoms with Gasteiger partial charge in [-0.1, -0.05) is 25.1 Å². The Hall–Kier alpha value is -1.88. The van der Waals surface area contributed by atoms with Crippen LogP contribution in [0.1, 0.15) is 62.4 Å². The Kier molecular flexibility index (Phi) is 4.43. The van der Waals surface area contributed by atoms with Crippen molar-refractivity contribution in [2.24, 2.45) is 0 Å². The van der Waals surface area contributed by atoms with Crippen LogP contribution in [0, 0.1) is 0 Å². The number of aromatic hydroxyl groups is 1. The molecule has 0 saturated carbocycles. The molecule has 1 aromatic carbocycles. The van der Waals surface area contributed by atoms with Gasteiger partial charge >= 0.3 is 0 Å². The average Bonchev–Trinajstić information content (AvgIpc) is 2.97. The lowest BCUT2D eigenvalue weighted by molar-refractivity contribution is 0.398. The van der Waals surface area contributed by atoms with E-state index in [2.05, 4.69) is 33.9 Å². The first kappa shape index (κ1) is 15.0. The molecular weight excluding hydrogens is 276 g/mol. The highest BCUT2D eigenvalue weighted by Gasteiger charge is 2.23. The number of aromatic nitrogens is 3. The van der Waals surface area contributed by atoms with Crippen molar-refractivity contribution in [3.63, 3.8) is 0 Å². The fourth-order valence-corrected chi connectivity index (χ4v) is 3.24. The van der Waals surface area contributed by atoms with E-state index in [4.69, 9.17) is 0 Å². The summed E-state index contributed by atoms with van der Waals surface area (Å²) in [6.07, 6.45) is 4.33.